The van der Waals surface area contributed by atoms with E-state index in [1.807, 2.05) is 0 Å². The molecule has 0 unspecified atom stereocenters. The molecule has 2 rings (SSSR count). The summed E-state index contributed by atoms with van der Waals surface area (Å²) < 4.78 is 0. The Labute approximate surface area is 112 Å². The second-order valence-corrected chi connectivity index (χ2v) is 5.51. The van der Waals surface area contributed by atoms with Crippen molar-refractivity contribution in [2.24, 2.45) is 0 Å². The maximum atomic E-state index is 8.61. The van der Waals surface area contributed by atoms with Crippen molar-refractivity contribution in [2.45, 2.75) is 33.1 Å². The molecule has 2 nitrogen and oxygen atoms in total. The van der Waals surface area contributed by atoms with Gasteiger partial charge in [0.15, 0.2) is 0 Å². The smallest absolute Gasteiger partial charge is 0.0945 e. The van der Waals surface area contributed by atoms with Crippen LogP contribution in [0, 0.1) is 18.3 Å². The fourth-order valence-electron chi connectivity index (χ4n) is 1.89. The van der Waals surface area contributed by atoms with Gasteiger partial charge >= 0.3 is 0 Å². The molecule has 0 aliphatic carbocycles. The molecule has 0 saturated carbocycles. The van der Waals surface area contributed by atoms with Gasteiger partial charge in [0, 0.05) is 23.3 Å². The van der Waals surface area contributed by atoms with Crippen molar-refractivity contribution in [1.29, 1.82) is 5.26 Å². The lowest BCUT2D eigenvalue weighted by atomic mass is 10.1. The topological polar surface area (TPSA) is 36.7 Å². The highest BCUT2D eigenvalue weighted by atomic mass is 32.1. The van der Waals surface area contributed by atoms with Gasteiger partial charge in [0.05, 0.1) is 16.8 Å². The summed E-state index contributed by atoms with van der Waals surface area (Å²) in [6, 6.07) is 10.7. The van der Waals surface area contributed by atoms with Crippen LogP contribution in [0.25, 0.3) is 11.3 Å². The van der Waals surface area contributed by atoms with E-state index in [9.17, 15) is 0 Å². The number of aryl methyl sites for hydroxylation is 3. The van der Waals surface area contributed by atoms with Crippen LogP contribution < -0.4 is 0 Å². The summed E-state index contributed by atoms with van der Waals surface area (Å²) in [5, 5.41) is 9.66. The predicted octanol–water partition coefficient (Wildman–Crippen LogP) is 4.14. The maximum Gasteiger partial charge on any atom is 0.0945 e. The zero-order valence-corrected chi connectivity index (χ0v) is 11.5. The van der Waals surface area contributed by atoms with Crippen molar-refractivity contribution >= 4 is 11.3 Å². The zero-order valence-electron chi connectivity index (χ0n) is 10.7. The predicted molar refractivity (Wildman–Crippen MR) is 75.6 cm³/mol. The fraction of sp³-hybridized carbons (Fsp3) is 0.333. The summed E-state index contributed by atoms with van der Waals surface area (Å²) in [7, 11) is 0. The first-order valence-electron chi connectivity index (χ1n) is 6.17. The summed E-state index contributed by atoms with van der Waals surface area (Å²) >= 11 is 1.70. The van der Waals surface area contributed by atoms with Crippen LogP contribution in [0.5, 0.6) is 0 Å². The molecule has 1 aromatic carbocycles. The van der Waals surface area contributed by atoms with Crippen LogP contribution in [0.3, 0.4) is 0 Å². The van der Waals surface area contributed by atoms with E-state index < -0.39 is 0 Å². The lowest BCUT2D eigenvalue weighted by molar-refractivity contribution is 0.990. The van der Waals surface area contributed by atoms with Gasteiger partial charge in [0.2, 0.25) is 0 Å². The number of benzene rings is 1. The van der Waals surface area contributed by atoms with Crippen LogP contribution in [0.1, 0.15) is 28.8 Å². The molecule has 1 heterocycles. The van der Waals surface area contributed by atoms with E-state index in [0.717, 1.165) is 23.5 Å². The van der Waals surface area contributed by atoms with Gasteiger partial charge in [-0.25, -0.2) is 4.98 Å². The van der Waals surface area contributed by atoms with Crippen molar-refractivity contribution in [3.63, 3.8) is 0 Å². The molecule has 0 saturated heterocycles. The van der Waals surface area contributed by atoms with Crippen LogP contribution in [0.2, 0.25) is 0 Å². The Bertz CT molecular complexity index is 561. The van der Waals surface area contributed by atoms with Gasteiger partial charge in [0.1, 0.15) is 0 Å². The first-order chi connectivity index (χ1) is 8.74. The van der Waals surface area contributed by atoms with E-state index in [0.29, 0.717) is 6.42 Å². The van der Waals surface area contributed by atoms with Gasteiger partial charge in [-0.2, -0.15) is 5.26 Å². The molecular formula is C15H16N2S. The number of rotatable bonds is 4. The van der Waals surface area contributed by atoms with Crippen molar-refractivity contribution in [3.8, 4) is 17.3 Å². The summed E-state index contributed by atoms with van der Waals surface area (Å²) in [6.45, 7) is 4.25. The molecule has 0 aliphatic rings. The quantitative estimate of drug-likeness (QED) is 0.824. The molecule has 0 amide bonds. The Morgan fingerprint density at radius 3 is 2.61 bits per heavy atom. The van der Waals surface area contributed by atoms with Crippen LogP contribution in [0.4, 0.5) is 0 Å². The average Bonchev–Trinajstić information content (AvgIpc) is 2.78. The Morgan fingerprint density at radius 1 is 1.28 bits per heavy atom. The molecule has 0 atom stereocenters. The first kappa shape index (κ1) is 12.8. The number of hydrogen-bond acceptors (Lipinski definition) is 3. The van der Waals surface area contributed by atoms with E-state index in [4.69, 9.17) is 5.26 Å². The van der Waals surface area contributed by atoms with Gasteiger partial charge in [-0.15, -0.1) is 11.3 Å². The highest BCUT2D eigenvalue weighted by Crippen LogP contribution is 2.28. The van der Waals surface area contributed by atoms with E-state index in [2.05, 4.69) is 49.2 Å². The SMILES string of the molecule is CCc1ccc(-c2nc(CCC#N)sc2C)cc1. The molecule has 0 N–H and O–H groups in total. The van der Waals surface area contributed by atoms with Crippen molar-refractivity contribution in [2.75, 3.05) is 0 Å². The minimum Gasteiger partial charge on any atom is -0.241 e. The summed E-state index contributed by atoms with van der Waals surface area (Å²) in [5.74, 6) is 0. The lowest BCUT2D eigenvalue weighted by Gasteiger charge is -2.00. The Morgan fingerprint density at radius 2 is 2.00 bits per heavy atom. The third-order valence-corrected chi connectivity index (χ3v) is 3.96. The molecule has 0 radical (unpaired) electrons. The van der Waals surface area contributed by atoms with Gasteiger partial charge in [0.25, 0.3) is 0 Å². The third-order valence-electron chi connectivity index (χ3n) is 2.93. The molecule has 0 bridgehead atoms. The molecule has 18 heavy (non-hydrogen) atoms. The second-order valence-electron chi connectivity index (χ2n) is 4.22. The molecule has 92 valence electrons. The fourth-order valence-corrected chi connectivity index (χ4v) is 2.84. The van der Waals surface area contributed by atoms with E-state index in [1.54, 1.807) is 11.3 Å². The Balaban J connectivity index is 2.26. The number of hydrogen-bond donors (Lipinski definition) is 0. The molecule has 0 aliphatic heterocycles. The average molecular weight is 256 g/mol. The highest BCUT2D eigenvalue weighted by Gasteiger charge is 2.09. The van der Waals surface area contributed by atoms with Crippen molar-refractivity contribution < 1.29 is 0 Å². The van der Waals surface area contributed by atoms with Crippen LogP contribution in [-0.4, -0.2) is 4.98 Å². The molecule has 3 heteroatoms. The van der Waals surface area contributed by atoms with E-state index in [1.165, 1.54) is 16.0 Å². The standard InChI is InChI=1S/C15H16N2S/c1-3-12-6-8-13(9-7-12)15-11(2)18-14(17-15)5-4-10-16/h6-9H,3-5H2,1-2H3. The minimum atomic E-state index is 0.543. The molecular weight excluding hydrogens is 240 g/mol. The van der Waals surface area contributed by atoms with Gasteiger partial charge < -0.3 is 0 Å². The minimum absolute atomic E-state index is 0.543. The Hall–Kier alpha value is -1.66. The number of nitrogens with zero attached hydrogens (tertiary/aromatic N) is 2. The van der Waals surface area contributed by atoms with Crippen molar-refractivity contribution in [1.82, 2.24) is 4.98 Å². The van der Waals surface area contributed by atoms with Crippen LogP contribution >= 0.6 is 11.3 Å². The van der Waals surface area contributed by atoms with Crippen LogP contribution in [0.15, 0.2) is 24.3 Å². The molecule has 0 fully saturated rings. The lowest BCUT2D eigenvalue weighted by Crippen LogP contribution is -1.85. The second kappa shape index (κ2) is 5.79. The number of thiazole rings is 1. The molecule has 2 aromatic rings. The Kier molecular flexibility index (Phi) is 4.11. The summed E-state index contributed by atoms with van der Waals surface area (Å²) in [5.41, 5.74) is 3.58. The van der Waals surface area contributed by atoms with Crippen molar-refractivity contribution in [3.05, 3.63) is 39.7 Å². The van der Waals surface area contributed by atoms with E-state index in [-0.39, 0.29) is 0 Å². The molecule has 0 spiro atoms. The number of aromatic nitrogens is 1. The van der Waals surface area contributed by atoms with Gasteiger partial charge in [-0.1, -0.05) is 31.2 Å². The maximum absolute atomic E-state index is 8.61. The zero-order chi connectivity index (χ0) is 13.0. The summed E-state index contributed by atoms with van der Waals surface area (Å²) in [6.07, 6.45) is 2.36. The van der Waals surface area contributed by atoms with E-state index >= 15 is 0 Å². The van der Waals surface area contributed by atoms with Gasteiger partial charge in [-0.05, 0) is 18.9 Å². The highest BCUT2D eigenvalue weighted by molar-refractivity contribution is 7.12. The normalized spacial score (nSPS) is 10.3. The monoisotopic (exact) mass is 256 g/mol. The molecule has 1 aromatic heterocycles. The number of nitriles is 1. The van der Waals surface area contributed by atoms with Crippen LogP contribution in [-0.2, 0) is 12.8 Å². The first-order valence-corrected chi connectivity index (χ1v) is 6.98. The van der Waals surface area contributed by atoms with Gasteiger partial charge in [-0.3, -0.25) is 0 Å². The largest absolute Gasteiger partial charge is 0.241 e. The third kappa shape index (κ3) is 2.77. The summed E-state index contributed by atoms with van der Waals surface area (Å²) in [4.78, 5) is 5.87.